The van der Waals surface area contributed by atoms with Crippen molar-refractivity contribution in [3.05, 3.63) is 83.4 Å². The normalized spacial score (nSPS) is 13.8. The summed E-state index contributed by atoms with van der Waals surface area (Å²) in [6.45, 7) is 2.22. The van der Waals surface area contributed by atoms with Crippen LogP contribution in [0.15, 0.2) is 71.7 Å². The summed E-state index contributed by atoms with van der Waals surface area (Å²) in [5.41, 5.74) is 4.18. The third kappa shape index (κ3) is 7.02. The van der Waals surface area contributed by atoms with E-state index in [4.69, 9.17) is 18.9 Å². The Labute approximate surface area is 223 Å². The van der Waals surface area contributed by atoms with Gasteiger partial charge in [-0.05, 0) is 29.8 Å². The average Bonchev–Trinajstić information content (AvgIpc) is 2.94. The number of carbonyl (C=O) groups is 1. The highest BCUT2D eigenvalue weighted by atomic mass is 16.5. The molecule has 1 atom stereocenters. The van der Waals surface area contributed by atoms with Gasteiger partial charge in [-0.15, -0.1) is 0 Å². The summed E-state index contributed by atoms with van der Waals surface area (Å²) in [5, 5.41) is 6.62. The molecule has 3 aromatic rings. The topological polar surface area (TPSA) is 93.7 Å². The second-order valence-electron chi connectivity index (χ2n) is 8.77. The van der Waals surface area contributed by atoms with Crippen molar-refractivity contribution in [1.82, 2.24) is 4.90 Å². The highest BCUT2D eigenvalue weighted by Gasteiger charge is 2.22. The number of hydrogen-bond acceptors (Lipinski definition) is 8. The summed E-state index contributed by atoms with van der Waals surface area (Å²) in [5.74, 6) is 1.14. The minimum atomic E-state index is -0.392. The molecule has 0 saturated heterocycles. The van der Waals surface area contributed by atoms with Crippen molar-refractivity contribution >= 4 is 23.6 Å². The molecule has 0 bridgehead atoms. The molecule has 1 amide bonds. The number of amides is 1. The molecule has 9 heteroatoms. The first-order chi connectivity index (χ1) is 18.6. The summed E-state index contributed by atoms with van der Waals surface area (Å²) < 4.78 is 22.1. The maximum Gasteiger partial charge on any atom is 0.253 e. The smallest absolute Gasteiger partial charge is 0.253 e. The molecule has 1 aliphatic rings. The van der Waals surface area contributed by atoms with E-state index in [0.717, 1.165) is 22.5 Å². The number of fused-ring (bicyclic) bond motifs is 1. The first-order valence-corrected chi connectivity index (χ1v) is 12.4. The van der Waals surface area contributed by atoms with Crippen molar-refractivity contribution < 1.29 is 23.7 Å². The third-order valence-electron chi connectivity index (χ3n) is 5.97. The molecule has 2 N–H and O–H groups in total. The second-order valence-corrected chi connectivity index (χ2v) is 8.77. The van der Waals surface area contributed by atoms with Gasteiger partial charge in [-0.2, -0.15) is 0 Å². The summed E-state index contributed by atoms with van der Waals surface area (Å²) in [4.78, 5) is 19.4. The number of anilines is 2. The van der Waals surface area contributed by atoms with E-state index >= 15 is 0 Å². The van der Waals surface area contributed by atoms with Crippen LogP contribution in [0.1, 0.15) is 27.7 Å². The number of methoxy groups -OCH3 is 2. The lowest BCUT2D eigenvalue weighted by Crippen LogP contribution is -2.26. The van der Waals surface area contributed by atoms with Gasteiger partial charge in [0.05, 0.1) is 25.2 Å². The van der Waals surface area contributed by atoms with Crippen LogP contribution in [0, 0.1) is 0 Å². The van der Waals surface area contributed by atoms with Gasteiger partial charge in [-0.1, -0.05) is 36.4 Å². The summed E-state index contributed by atoms with van der Waals surface area (Å²) >= 11 is 0. The lowest BCUT2D eigenvalue weighted by molar-refractivity contribution is 0.0785. The predicted octanol–water partition coefficient (Wildman–Crippen LogP) is 4.57. The van der Waals surface area contributed by atoms with Gasteiger partial charge in [0.25, 0.3) is 5.91 Å². The van der Waals surface area contributed by atoms with Gasteiger partial charge < -0.3 is 34.5 Å². The van der Waals surface area contributed by atoms with Crippen LogP contribution in [0.25, 0.3) is 0 Å². The molecular weight excluding hydrogens is 484 g/mol. The quantitative estimate of drug-likeness (QED) is 0.320. The van der Waals surface area contributed by atoms with Gasteiger partial charge >= 0.3 is 0 Å². The number of ether oxygens (including phenoxy) is 4. The SMILES string of the molecule is COCCOc1cc2c(cc1OCCOC)[C@H](Nc1cccc(C(=O)N(C)Cc3ccccc3)c1)N=CN2. The van der Waals surface area contributed by atoms with E-state index in [1.165, 1.54) is 0 Å². The lowest BCUT2D eigenvalue weighted by Gasteiger charge is -2.25. The van der Waals surface area contributed by atoms with Crippen LogP contribution in [0.5, 0.6) is 11.5 Å². The number of rotatable bonds is 13. The molecule has 200 valence electrons. The van der Waals surface area contributed by atoms with Crippen molar-refractivity contribution in [2.75, 3.05) is 58.3 Å². The first kappa shape index (κ1) is 27.0. The molecular formula is C29H34N4O5. The number of aliphatic imine (C=N–C) groups is 1. The maximum atomic E-state index is 13.1. The molecule has 1 heterocycles. The Morgan fingerprint density at radius 2 is 1.63 bits per heavy atom. The molecule has 0 radical (unpaired) electrons. The molecule has 0 unspecified atom stereocenters. The van der Waals surface area contributed by atoms with Gasteiger partial charge in [-0.3, -0.25) is 4.79 Å². The second kappa shape index (κ2) is 13.5. The van der Waals surface area contributed by atoms with Crippen LogP contribution < -0.4 is 20.1 Å². The Kier molecular flexibility index (Phi) is 9.55. The minimum Gasteiger partial charge on any atom is -0.487 e. The van der Waals surface area contributed by atoms with E-state index in [1.54, 1.807) is 32.5 Å². The van der Waals surface area contributed by atoms with Crippen molar-refractivity contribution in [2.45, 2.75) is 12.7 Å². The molecule has 0 aromatic heterocycles. The van der Waals surface area contributed by atoms with E-state index in [1.807, 2.05) is 66.7 Å². The zero-order valence-corrected chi connectivity index (χ0v) is 22.0. The largest absolute Gasteiger partial charge is 0.487 e. The Balaban J connectivity index is 1.51. The van der Waals surface area contributed by atoms with Crippen LogP contribution >= 0.6 is 0 Å². The predicted molar refractivity (Wildman–Crippen MR) is 148 cm³/mol. The lowest BCUT2D eigenvalue weighted by atomic mass is 10.1. The third-order valence-corrected chi connectivity index (χ3v) is 5.97. The zero-order valence-electron chi connectivity index (χ0n) is 22.0. The molecule has 1 aliphatic heterocycles. The van der Waals surface area contributed by atoms with Crippen LogP contribution in [0.2, 0.25) is 0 Å². The Morgan fingerprint density at radius 1 is 0.921 bits per heavy atom. The van der Waals surface area contributed by atoms with Gasteiger partial charge in [0.1, 0.15) is 19.4 Å². The summed E-state index contributed by atoms with van der Waals surface area (Å²) in [6, 6.07) is 21.2. The summed E-state index contributed by atoms with van der Waals surface area (Å²) in [7, 11) is 5.06. The standard InChI is InChI=1S/C29H34N4O5/c1-33(19-21-8-5-4-6-9-21)29(34)22-10-7-11-23(16-22)32-28-24-17-26(37-14-12-35-2)27(38-15-13-36-3)18-25(24)30-20-31-28/h4-11,16-18,20,28,32H,12-15,19H2,1-3H3,(H,30,31)/t28-/m0/s1. The summed E-state index contributed by atoms with van der Waals surface area (Å²) in [6.07, 6.45) is 1.25. The van der Waals surface area contributed by atoms with E-state index in [2.05, 4.69) is 15.6 Å². The van der Waals surface area contributed by atoms with Crippen LogP contribution in [0.3, 0.4) is 0 Å². The van der Waals surface area contributed by atoms with E-state index in [9.17, 15) is 4.79 Å². The number of benzene rings is 3. The van der Waals surface area contributed by atoms with E-state index < -0.39 is 6.17 Å². The van der Waals surface area contributed by atoms with E-state index in [-0.39, 0.29) is 5.91 Å². The fourth-order valence-corrected chi connectivity index (χ4v) is 4.05. The number of hydrogen-bond donors (Lipinski definition) is 2. The number of nitrogens with one attached hydrogen (secondary N) is 2. The Bertz CT molecular complexity index is 1230. The van der Waals surface area contributed by atoms with Gasteiger partial charge in [0, 0.05) is 50.7 Å². The average molecular weight is 519 g/mol. The molecule has 9 nitrogen and oxygen atoms in total. The molecule has 0 spiro atoms. The fraction of sp³-hybridized carbons (Fsp3) is 0.310. The van der Waals surface area contributed by atoms with Gasteiger partial charge in [-0.25, -0.2) is 4.99 Å². The van der Waals surface area contributed by atoms with Crippen LogP contribution in [-0.4, -0.2) is 64.8 Å². The molecule has 0 aliphatic carbocycles. The highest BCUT2D eigenvalue weighted by molar-refractivity contribution is 5.95. The number of carbonyl (C=O) groups excluding carboxylic acids is 1. The van der Waals surface area contributed by atoms with Crippen LogP contribution in [0.4, 0.5) is 11.4 Å². The molecule has 38 heavy (non-hydrogen) atoms. The first-order valence-electron chi connectivity index (χ1n) is 12.4. The van der Waals surface area contributed by atoms with Crippen molar-refractivity contribution in [3.63, 3.8) is 0 Å². The van der Waals surface area contributed by atoms with Crippen LogP contribution in [-0.2, 0) is 16.0 Å². The monoisotopic (exact) mass is 518 g/mol. The van der Waals surface area contributed by atoms with Crippen molar-refractivity contribution in [1.29, 1.82) is 0 Å². The fourth-order valence-electron chi connectivity index (χ4n) is 4.05. The molecule has 4 rings (SSSR count). The van der Waals surface area contributed by atoms with E-state index in [0.29, 0.717) is 50.0 Å². The molecule has 0 fully saturated rings. The Hall–Kier alpha value is -4.08. The highest BCUT2D eigenvalue weighted by Crippen LogP contribution is 2.39. The Morgan fingerprint density at radius 3 is 2.34 bits per heavy atom. The van der Waals surface area contributed by atoms with Gasteiger partial charge in [0.15, 0.2) is 11.5 Å². The maximum absolute atomic E-state index is 13.1. The molecule has 3 aromatic carbocycles. The van der Waals surface area contributed by atoms with Gasteiger partial charge in [0.2, 0.25) is 0 Å². The molecule has 0 saturated carbocycles. The zero-order chi connectivity index (χ0) is 26.7. The van der Waals surface area contributed by atoms with Crippen molar-refractivity contribution in [2.24, 2.45) is 4.99 Å². The van der Waals surface area contributed by atoms with Crippen molar-refractivity contribution in [3.8, 4) is 11.5 Å². The minimum absolute atomic E-state index is 0.0570. The number of nitrogens with zero attached hydrogens (tertiary/aromatic N) is 2.